The highest BCUT2D eigenvalue weighted by Gasteiger charge is 2.33. The van der Waals surface area contributed by atoms with E-state index in [4.69, 9.17) is 11.6 Å². The summed E-state index contributed by atoms with van der Waals surface area (Å²) < 4.78 is 0. The van der Waals surface area contributed by atoms with E-state index in [1.165, 1.54) is 29.3 Å². The van der Waals surface area contributed by atoms with E-state index in [0.717, 1.165) is 5.56 Å². The molecule has 26 heavy (non-hydrogen) atoms. The van der Waals surface area contributed by atoms with Gasteiger partial charge in [-0.1, -0.05) is 29.8 Å². The molecule has 8 heteroatoms. The van der Waals surface area contributed by atoms with E-state index in [2.05, 4.69) is 10.1 Å². The lowest BCUT2D eigenvalue weighted by molar-refractivity contribution is -0.384. The Balaban J connectivity index is 1.72. The van der Waals surface area contributed by atoms with E-state index >= 15 is 0 Å². The molecule has 0 bridgehead atoms. The van der Waals surface area contributed by atoms with Crippen LogP contribution in [0.2, 0.25) is 5.02 Å². The summed E-state index contributed by atoms with van der Waals surface area (Å²) >= 11 is 6.09. The molecule has 0 N–H and O–H groups in total. The van der Waals surface area contributed by atoms with Gasteiger partial charge in [0.15, 0.2) is 0 Å². The van der Waals surface area contributed by atoms with Crippen LogP contribution in [0.5, 0.6) is 0 Å². The topological polar surface area (TPSA) is 88.2 Å². The molecule has 2 aromatic carbocycles. The molecular formula is C18H15ClN4O3. The second-order valence-corrected chi connectivity index (χ2v) is 6.13. The average Bonchev–Trinajstić information content (AvgIpc) is 2.91. The minimum atomic E-state index is -0.562. The molecule has 0 fully saturated rings. The maximum Gasteiger partial charge on any atom is 0.269 e. The number of nitrogens with zero attached hydrogens (tertiary/aromatic N) is 4. The van der Waals surface area contributed by atoms with Crippen molar-refractivity contribution in [2.75, 3.05) is 5.01 Å². The predicted octanol–water partition coefficient (Wildman–Crippen LogP) is 3.86. The van der Waals surface area contributed by atoms with Crippen LogP contribution in [0.15, 0.2) is 58.6 Å². The van der Waals surface area contributed by atoms with E-state index in [9.17, 15) is 14.9 Å². The number of anilines is 1. The number of benzene rings is 2. The maximum absolute atomic E-state index is 12.6. The van der Waals surface area contributed by atoms with Gasteiger partial charge in [0.2, 0.25) is 0 Å². The molecule has 132 valence electrons. The van der Waals surface area contributed by atoms with Gasteiger partial charge in [-0.25, -0.2) is 0 Å². The van der Waals surface area contributed by atoms with Crippen molar-refractivity contribution in [3.63, 3.8) is 0 Å². The van der Waals surface area contributed by atoms with Gasteiger partial charge >= 0.3 is 0 Å². The zero-order valence-corrected chi connectivity index (χ0v) is 14.6. The Bertz CT molecular complexity index is 909. The van der Waals surface area contributed by atoms with Crippen molar-refractivity contribution < 1.29 is 9.72 Å². The van der Waals surface area contributed by atoms with Gasteiger partial charge in [-0.2, -0.15) is 10.1 Å². The molecule has 0 saturated carbocycles. The van der Waals surface area contributed by atoms with E-state index in [-0.39, 0.29) is 11.6 Å². The third kappa shape index (κ3) is 3.62. The van der Waals surface area contributed by atoms with Crippen molar-refractivity contribution in [1.29, 1.82) is 0 Å². The van der Waals surface area contributed by atoms with Crippen LogP contribution >= 0.6 is 11.6 Å². The van der Waals surface area contributed by atoms with Crippen molar-refractivity contribution in [1.82, 2.24) is 0 Å². The minimum Gasteiger partial charge on any atom is -0.291 e. The number of nitro groups is 1. The van der Waals surface area contributed by atoms with E-state index in [1.807, 2.05) is 18.2 Å². The second kappa shape index (κ2) is 7.45. The summed E-state index contributed by atoms with van der Waals surface area (Å²) in [5.74, 6) is -0.813. The van der Waals surface area contributed by atoms with Crippen molar-refractivity contribution in [2.24, 2.45) is 16.0 Å². The number of hydrogen-bond donors (Lipinski definition) is 0. The third-order valence-corrected chi connectivity index (χ3v) is 4.33. The highest BCUT2D eigenvalue weighted by Crippen LogP contribution is 2.25. The van der Waals surface area contributed by atoms with Crippen molar-refractivity contribution in [3.8, 4) is 0 Å². The number of non-ortho nitro benzene ring substituents is 1. The first-order valence-corrected chi connectivity index (χ1v) is 8.22. The van der Waals surface area contributed by atoms with E-state index < -0.39 is 10.8 Å². The summed E-state index contributed by atoms with van der Waals surface area (Å²) in [6.07, 6.45) is 1.57. The number of nitro benzene ring substituents is 1. The molecule has 0 spiro atoms. The lowest BCUT2D eigenvalue weighted by Crippen LogP contribution is -2.27. The fourth-order valence-corrected chi connectivity index (χ4v) is 2.73. The van der Waals surface area contributed by atoms with E-state index in [0.29, 0.717) is 23.0 Å². The Kier molecular flexibility index (Phi) is 5.09. The summed E-state index contributed by atoms with van der Waals surface area (Å²) in [5, 5.41) is 16.9. The zero-order valence-electron chi connectivity index (χ0n) is 13.9. The number of carbonyl (C=O) groups is 1. The van der Waals surface area contributed by atoms with E-state index in [1.54, 1.807) is 19.2 Å². The smallest absolute Gasteiger partial charge is 0.269 e. The van der Waals surface area contributed by atoms with Gasteiger partial charge in [0.25, 0.3) is 11.6 Å². The molecule has 7 nitrogen and oxygen atoms in total. The molecule has 1 amide bonds. The molecule has 0 radical (unpaired) electrons. The first-order valence-electron chi connectivity index (χ1n) is 7.84. The Hall–Kier alpha value is -3.06. The molecule has 0 aromatic heterocycles. The molecular weight excluding hydrogens is 356 g/mol. The Morgan fingerprint density at radius 1 is 1.27 bits per heavy atom. The molecule has 1 atom stereocenters. The minimum absolute atomic E-state index is 0.0426. The van der Waals surface area contributed by atoms with Crippen LogP contribution in [0.3, 0.4) is 0 Å². The van der Waals surface area contributed by atoms with Gasteiger partial charge in [0.1, 0.15) is 5.92 Å². The number of hydrogen-bond acceptors (Lipinski definition) is 5. The SMILES string of the molecule is CC1=NN(c2ccc([N+](=O)[O-])cc2)C(=O)[C@H]1C=NCc1ccccc1Cl. The van der Waals surface area contributed by atoms with Crippen LogP contribution in [0.1, 0.15) is 12.5 Å². The summed E-state index contributed by atoms with van der Waals surface area (Å²) in [5.41, 5.74) is 1.91. The monoisotopic (exact) mass is 370 g/mol. The summed E-state index contributed by atoms with van der Waals surface area (Å²) in [4.78, 5) is 27.2. The third-order valence-electron chi connectivity index (χ3n) is 3.96. The Morgan fingerprint density at radius 3 is 2.62 bits per heavy atom. The molecule has 2 aromatic rings. The van der Waals surface area contributed by atoms with Crippen LogP contribution < -0.4 is 5.01 Å². The Morgan fingerprint density at radius 2 is 1.96 bits per heavy atom. The highest BCUT2D eigenvalue weighted by atomic mass is 35.5. The lowest BCUT2D eigenvalue weighted by Gasteiger charge is -2.12. The first-order chi connectivity index (χ1) is 12.5. The Labute approximate surface area is 154 Å². The second-order valence-electron chi connectivity index (χ2n) is 5.72. The standard InChI is InChI=1S/C18H15ClN4O3/c1-12-16(11-20-10-13-4-2-3-5-17(13)19)18(24)22(21-12)14-6-8-15(9-7-14)23(25)26/h2-9,11,16H,10H2,1H3/t16-/m0/s1. The fourth-order valence-electron chi connectivity index (χ4n) is 2.53. The van der Waals surface area contributed by atoms with Crippen LogP contribution in [0.4, 0.5) is 11.4 Å². The van der Waals surface area contributed by atoms with Gasteiger partial charge in [-0.3, -0.25) is 19.9 Å². The molecule has 0 unspecified atom stereocenters. The van der Waals surface area contributed by atoms with Crippen LogP contribution in [0, 0.1) is 16.0 Å². The van der Waals surface area contributed by atoms with Crippen molar-refractivity contribution in [3.05, 3.63) is 69.2 Å². The molecule has 1 aliphatic heterocycles. The quantitative estimate of drug-likeness (QED) is 0.454. The average molecular weight is 371 g/mol. The maximum atomic E-state index is 12.6. The first kappa shape index (κ1) is 17.8. The normalized spacial score (nSPS) is 17.0. The van der Waals surface area contributed by atoms with Crippen molar-refractivity contribution >= 4 is 40.8 Å². The highest BCUT2D eigenvalue weighted by molar-refractivity contribution is 6.31. The number of hydrazone groups is 1. The number of carbonyl (C=O) groups excluding carboxylic acids is 1. The summed E-state index contributed by atoms with van der Waals surface area (Å²) in [7, 11) is 0. The summed E-state index contributed by atoms with van der Waals surface area (Å²) in [6, 6.07) is 13.1. The zero-order chi connectivity index (χ0) is 18.7. The van der Waals surface area contributed by atoms with Crippen LogP contribution in [0.25, 0.3) is 0 Å². The molecule has 1 aliphatic rings. The largest absolute Gasteiger partial charge is 0.291 e. The van der Waals surface area contributed by atoms with Gasteiger partial charge < -0.3 is 0 Å². The molecule has 3 rings (SSSR count). The summed E-state index contributed by atoms with van der Waals surface area (Å²) in [6.45, 7) is 2.11. The number of rotatable bonds is 5. The number of halogens is 1. The molecule has 0 saturated heterocycles. The van der Waals surface area contributed by atoms with Gasteiger partial charge in [0, 0.05) is 23.4 Å². The van der Waals surface area contributed by atoms with Crippen LogP contribution in [-0.4, -0.2) is 22.8 Å². The predicted molar refractivity (Wildman–Crippen MR) is 101 cm³/mol. The van der Waals surface area contributed by atoms with Gasteiger partial charge in [-0.05, 0) is 30.7 Å². The molecule has 0 aliphatic carbocycles. The van der Waals surface area contributed by atoms with Crippen LogP contribution in [-0.2, 0) is 11.3 Å². The number of aliphatic imine (C=N–C) groups is 1. The fraction of sp³-hybridized carbons (Fsp3) is 0.167. The molecule has 1 heterocycles. The van der Waals surface area contributed by atoms with Gasteiger partial charge in [0.05, 0.1) is 22.9 Å². The van der Waals surface area contributed by atoms with Gasteiger partial charge in [-0.15, -0.1) is 0 Å². The lowest BCUT2D eigenvalue weighted by atomic mass is 10.1. The number of amides is 1. The van der Waals surface area contributed by atoms with Crippen molar-refractivity contribution in [2.45, 2.75) is 13.5 Å².